The standard InChI is InChI=1S/C24H28N4O6/c1-3-33-23(32)27-12-10-26(11-13-27)21(30)19-18-8-9-24(34-18)14-28(22(31)20(19)24)17-6-4-16(5-7-17)25-15(2)29/h4-9,18-20H,3,10-14H2,1-2H3,(H,25,29)/t18-,19+,20+,24-/m1/s1. The molecule has 0 aliphatic carbocycles. The number of hydrogen-bond donors (Lipinski definition) is 1. The molecule has 0 aromatic heterocycles. The van der Waals surface area contributed by atoms with Crippen molar-refractivity contribution in [2.24, 2.45) is 11.8 Å². The highest BCUT2D eigenvalue weighted by Crippen LogP contribution is 2.53. The normalized spacial score (nSPS) is 29.4. The van der Waals surface area contributed by atoms with Gasteiger partial charge in [0.1, 0.15) is 5.60 Å². The lowest BCUT2D eigenvalue weighted by molar-refractivity contribution is -0.141. The Labute approximate surface area is 197 Å². The third kappa shape index (κ3) is 3.62. The zero-order valence-corrected chi connectivity index (χ0v) is 19.2. The molecule has 4 amide bonds. The second-order valence-electron chi connectivity index (χ2n) is 9.06. The number of carbonyl (C=O) groups is 4. The van der Waals surface area contributed by atoms with Gasteiger partial charge < -0.3 is 29.5 Å². The fourth-order valence-corrected chi connectivity index (χ4v) is 5.46. The Bertz CT molecular complexity index is 1050. The fourth-order valence-electron chi connectivity index (χ4n) is 5.46. The smallest absolute Gasteiger partial charge is 0.409 e. The number of benzene rings is 1. The number of piperazine rings is 1. The predicted octanol–water partition coefficient (Wildman–Crippen LogP) is 1.23. The van der Waals surface area contributed by atoms with Crippen molar-refractivity contribution < 1.29 is 28.7 Å². The Kier molecular flexibility index (Phi) is 5.55. The molecule has 4 heterocycles. The molecule has 3 saturated heterocycles. The molecule has 5 rings (SSSR count). The minimum atomic E-state index is -0.814. The van der Waals surface area contributed by atoms with Crippen LogP contribution in [0.3, 0.4) is 0 Å². The van der Waals surface area contributed by atoms with Gasteiger partial charge in [0, 0.05) is 44.5 Å². The van der Waals surface area contributed by atoms with E-state index in [0.717, 1.165) is 0 Å². The minimum Gasteiger partial charge on any atom is -0.450 e. The van der Waals surface area contributed by atoms with Gasteiger partial charge in [0.05, 0.1) is 31.1 Å². The first-order chi connectivity index (χ1) is 16.3. The lowest BCUT2D eigenvalue weighted by atomic mass is 9.76. The maximum absolute atomic E-state index is 13.5. The predicted molar refractivity (Wildman–Crippen MR) is 122 cm³/mol. The topological polar surface area (TPSA) is 108 Å². The number of amides is 4. The van der Waals surface area contributed by atoms with Gasteiger partial charge in [-0.05, 0) is 31.2 Å². The van der Waals surface area contributed by atoms with Crippen LogP contribution in [0.4, 0.5) is 16.2 Å². The van der Waals surface area contributed by atoms with E-state index in [1.54, 1.807) is 45.9 Å². The third-order valence-electron chi connectivity index (χ3n) is 7.00. The number of ether oxygens (including phenoxy) is 2. The van der Waals surface area contributed by atoms with E-state index in [9.17, 15) is 19.2 Å². The molecule has 1 N–H and O–H groups in total. The molecule has 34 heavy (non-hydrogen) atoms. The molecule has 180 valence electrons. The first-order valence-electron chi connectivity index (χ1n) is 11.6. The number of nitrogens with zero attached hydrogens (tertiary/aromatic N) is 3. The molecule has 10 heteroatoms. The molecule has 2 bridgehead atoms. The molecule has 4 aliphatic rings. The molecule has 4 aliphatic heterocycles. The monoisotopic (exact) mass is 468 g/mol. The number of rotatable bonds is 4. The molecule has 0 unspecified atom stereocenters. The van der Waals surface area contributed by atoms with Crippen LogP contribution >= 0.6 is 0 Å². The van der Waals surface area contributed by atoms with Gasteiger partial charge in [-0.3, -0.25) is 14.4 Å². The molecule has 0 radical (unpaired) electrons. The zero-order chi connectivity index (χ0) is 24.0. The Morgan fingerprint density at radius 3 is 2.44 bits per heavy atom. The third-order valence-corrected chi connectivity index (χ3v) is 7.00. The van der Waals surface area contributed by atoms with Crippen molar-refractivity contribution in [2.45, 2.75) is 25.6 Å². The maximum atomic E-state index is 13.5. The van der Waals surface area contributed by atoms with Gasteiger partial charge in [-0.25, -0.2) is 4.79 Å². The number of anilines is 2. The number of nitrogens with one attached hydrogen (secondary N) is 1. The molecule has 1 aromatic rings. The Balaban J connectivity index is 1.31. The van der Waals surface area contributed by atoms with Crippen molar-refractivity contribution in [1.29, 1.82) is 0 Å². The summed E-state index contributed by atoms with van der Waals surface area (Å²) in [5, 5.41) is 2.71. The molecule has 1 spiro atoms. The van der Waals surface area contributed by atoms with Crippen LogP contribution in [0.1, 0.15) is 13.8 Å². The molecule has 4 atom stereocenters. The molecule has 3 fully saturated rings. The van der Waals surface area contributed by atoms with Crippen LogP contribution in [-0.2, 0) is 23.9 Å². The van der Waals surface area contributed by atoms with Gasteiger partial charge in [0.25, 0.3) is 0 Å². The van der Waals surface area contributed by atoms with Crippen LogP contribution in [-0.4, -0.2) is 84.7 Å². The van der Waals surface area contributed by atoms with Gasteiger partial charge in [-0.1, -0.05) is 12.2 Å². The summed E-state index contributed by atoms with van der Waals surface area (Å²) in [6.45, 7) is 5.43. The average Bonchev–Trinajstić information content (AvgIpc) is 3.47. The van der Waals surface area contributed by atoms with Crippen LogP contribution in [0.15, 0.2) is 36.4 Å². The summed E-state index contributed by atoms with van der Waals surface area (Å²) in [5.74, 6) is -1.59. The summed E-state index contributed by atoms with van der Waals surface area (Å²) < 4.78 is 11.3. The van der Waals surface area contributed by atoms with Crippen LogP contribution in [0.5, 0.6) is 0 Å². The summed E-state index contributed by atoms with van der Waals surface area (Å²) in [7, 11) is 0. The van der Waals surface area contributed by atoms with Crippen LogP contribution in [0.2, 0.25) is 0 Å². The van der Waals surface area contributed by atoms with E-state index in [1.807, 2.05) is 12.2 Å². The van der Waals surface area contributed by atoms with Gasteiger partial charge in [0.15, 0.2) is 0 Å². The van der Waals surface area contributed by atoms with Crippen molar-refractivity contribution in [1.82, 2.24) is 9.80 Å². The molecular formula is C24H28N4O6. The first kappa shape index (κ1) is 22.4. The van der Waals surface area contributed by atoms with E-state index < -0.39 is 23.5 Å². The number of fused-ring (bicyclic) bond motifs is 1. The van der Waals surface area contributed by atoms with E-state index >= 15 is 0 Å². The van der Waals surface area contributed by atoms with Gasteiger partial charge in [-0.2, -0.15) is 0 Å². The second kappa shape index (κ2) is 8.43. The van der Waals surface area contributed by atoms with Crippen molar-refractivity contribution in [3.05, 3.63) is 36.4 Å². The van der Waals surface area contributed by atoms with Crippen LogP contribution in [0.25, 0.3) is 0 Å². The lowest BCUT2D eigenvalue weighted by Crippen LogP contribution is -2.54. The van der Waals surface area contributed by atoms with Gasteiger partial charge in [-0.15, -0.1) is 0 Å². The van der Waals surface area contributed by atoms with Crippen molar-refractivity contribution in [3.8, 4) is 0 Å². The second-order valence-corrected chi connectivity index (χ2v) is 9.06. The Morgan fingerprint density at radius 2 is 1.79 bits per heavy atom. The average molecular weight is 469 g/mol. The maximum Gasteiger partial charge on any atom is 0.409 e. The number of hydrogen-bond acceptors (Lipinski definition) is 6. The van der Waals surface area contributed by atoms with Crippen molar-refractivity contribution in [3.63, 3.8) is 0 Å². The van der Waals surface area contributed by atoms with E-state index in [0.29, 0.717) is 50.7 Å². The zero-order valence-electron chi connectivity index (χ0n) is 19.2. The summed E-state index contributed by atoms with van der Waals surface area (Å²) in [6, 6.07) is 7.05. The minimum absolute atomic E-state index is 0.110. The SMILES string of the molecule is CCOC(=O)N1CCN(C(=O)[C@@H]2[C@H]3C(=O)N(c4ccc(NC(C)=O)cc4)C[C@]34C=C[C@H]2O4)CC1. The highest BCUT2D eigenvalue weighted by Gasteiger charge is 2.67. The highest BCUT2D eigenvalue weighted by atomic mass is 16.6. The molecule has 1 aromatic carbocycles. The summed E-state index contributed by atoms with van der Waals surface area (Å²) >= 11 is 0. The Morgan fingerprint density at radius 1 is 1.12 bits per heavy atom. The molecular weight excluding hydrogens is 440 g/mol. The Hall–Kier alpha value is -3.40. The van der Waals surface area contributed by atoms with Gasteiger partial charge >= 0.3 is 6.09 Å². The summed E-state index contributed by atoms with van der Waals surface area (Å²) in [5.41, 5.74) is 0.524. The summed E-state index contributed by atoms with van der Waals surface area (Å²) in [4.78, 5) is 55.3. The lowest BCUT2D eigenvalue weighted by Gasteiger charge is -2.36. The van der Waals surface area contributed by atoms with Gasteiger partial charge in [0.2, 0.25) is 17.7 Å². The quantitative estimate of drug-likeness (QED) is 0.666. The largest absolute Gasteiger partial charge is 0.450 e. The molecule has 0 saturated carbocycles. The van der Waals surface area contributed by atoms with E-state index in [-0.39, 0.29) is 23.8 Å². The van der Waals surface area contributed by atoms with Crippen LogP contribution in [0, 0.1) is 11.8 Å². The van der Waals surface area contributed by atoms with Crippen molar-refractivity contribution >= 4 is 35.2 Å². The number of carbonyl (C=O) groups excluding carboxylic acids is 4. The highest BCUT2D eigenvalue weighted by molar-refractivity contribution is 6.03. The fraction of sp³-hybridized carbons (Fsp3) is 0.500. The van der Waals surface area contributed by atoms with E-state index in [4.69, 9.17) is 9.47 Å². The molecule has 10 nitrogen and oxygen atoms in total. The van der Waals surface area contributed by atoms with Crippen molar-refractivity contribution in [2.75, 3.05) is 49.5 Å². The van der Waals surface area contributed by atoms with E-state index in [2.05, 4.69) is 5.32 Å². The summed E-state index contributed by atoms with van der Waals surface area (Å²) in [6.07, 6.45) is 3.03. The first-order valence-corrected chi connectivity index (χ1v) is 11.6. The van der Waals surface area contributed by atoms with E-state index in [1.165, 1.54) is 6.92 Å². The van der Waals surface area contributed by atoms with Crippen LogP contribution < -0.4 is 10.2 Å².